The van der Waals surface area contributed by atoms with Crippen LogP contribution in [-0.4, -0.2) is 4.58 Å². The third-order valence-electron chi connectivity index (χ3n) is 3.81. The molecule has 0 spiro atoms. The first-order chi connectivity index (χ1) is 11.4. The summed E-state index contributed by atoms with van der Waals surface area (Å²) in [5.41, 5.74) is 0. The summed E-state index contributed by atoms with van der Waals surface area (Å²) < 4.78 is 0.603. The van der Waals surface area contributed by atoms with E-state index in [4.69, 9.17) is 0 Å². The van der Waals surface area contributed by atoms with Crippen LogP contribution in [0.4, 0.5) is 0 Å². The van der Waals surface area contributed by atoms with Crippen molar-refractivity contribution in [2.75, 3.05) is 0 Å². The summed E-state index contributed by atoms with van der Waals surface area (Å²) in [6, 6.07) is 21.6. The molecule has 0 saturated carbocycles. The molecule has 0 aliphatic rings. The van der Waals surface area contributed by atoms with Crippen LogP contribution in [0.15, 0.2) is 70.5 Å². The summed E-state index contributed by atoms with van der Waals surface area (Å²) in [7, 11) is 0. The van der Waals surface area contributed by atoms with Crippen LogP contribution < -0.4 is 0 Å². The molecule has 2 heteroatoms. The van der Waals surface area contributed by atoms with Crippen molar-refractivity contribution in [3.8, 4) is 0 Å². The van der Waals surface area contributed by atoms with Gasteiger partial charge in [-0.1, -0.05) is 81.8 Å². The van der Waals surface area contributed by atoms with Crippen LogP contribution in [0.25, 0.3) is 0 Å². The van der Waals surface area contributed by atoms with E-state index in [-0.39, 0.29) is 0 Å². The van der Waals surface area contributed by atoms with Crippen LogP contribution >= 0.6 is 23.5 Å². The molecule has 0 amide bonds. The Bertz CT molecular complexity index is 468. The molecule has 0 N–H and O–H groups in total. The molecule has 2 aromatic rings. The molecular weight excluding hydrogens is 316 g/mol. The molecule has 0 unspecified atom stereocenters. The average Bonchev–Trinajstić information content (AvgIpc) is 2.60. The van der Waals surface area contributed by atoms with Crippen molar-refractivity contribution in [3.63, 3.8) is 0 Å². The fraction of sp³-hybridized carbons (Fsp3) is 0.429. The second-order valence-corrected chi connectivity index (χ2v) is 8.70. The lowest BCUT2D eigenvalue weighted by Crippen LogP contribution is -1.97. The van der Waals surface area contributed by atoms with Gasteiger partial charge in [0.1, 0.15) is 0 Å². The molecule has 0 nitrogen and oxygen atoms in total. The monoisotopic (exact) mass is 344 g/mol. The summed E-state index contributed by atoms with van der Waals surface area (Å²) in [6.45, 7) is 2.28. The lowest BCUT2D eigenvalue weighted by Gasteiger charge is -2.16. The lowest BCUT2D eigenvalue weighted by atomic mass is 10.1. The van der Waals surface area contributed by atoms with Gasteiger partial charge in [0.05, 0.1) is 4.58 Å². The highest BCUT2D eigenvalue weighted by molar-refractivity contribution is 8.17. The fourth-order valence-electron chi connectivity index (χ4n) is 2.53. The van der Waals surface area contributed by atoms with Gasteiger partial charge in [0, 0.05) is 9.79 Å². The molecule has 2 aromatic carbocycles. The van der Waals surface area contributed by atoms with Gasteiger partial charge in [-0.25, -0.2) is 0 Å². The zero-order chi connectivity index (χ0) is 16.2. The van der Waals surface area contributed by atoms with Crippen LogP contribution in [0.5, 0.6) is 0 Å². The first-order valence-electron chi connectivity index (χ1n) is 8.82. The third-order valence-corrected chi connectivity index (χ3v) is 6.48. The van der Waals surface area contributed by atoms with E-state index < -0.39 is 0 Å². The SMILES string of the molecule is CCCCCCCCC(Sc1ccccc1)Sc1ccccc1. The zero-order valence-corrected chi connectivity index (χ0v) is 15.8. The molecule has 0 saturated heterocycles. The molecule has 0 bridgehead atoms. The summed E-state index contributed by atoms with van der Waals surface area (Å²) in [4.78, 5) is 2.76. The van der Waals surface area contributed by atoms with Gasteiger partial charge in [-0.15, -0.1) is 23.5 Å². The number of thioether (sulfide) groups is 2. The Hall–Kier alpha value is -0.860. The van der Waals surface area contributed by atoms with Crippen molar-refractivity contribution < 1.29 is 0 Å². The molecule has 0 aromatic heterocycles. The highest BCUT2D eigenvalue weighted by atomic mass is 32.2. The molecule has 0 heterocycles. The predicted octanol–water partition coefficient (Wildman–Crippen LogP) is 7.65. The summed E-state index contributed by atoms with van der Waals surface area (Å²) >= 11 is 4.03. The van der Waals surface area contributed by atoms with Crippen molar-refractivity contribution in [2.24, 2.45) is 0 Å². The van der Waals surface area contributed by atoms with Gasteiger partial charge in [-0.05, 0) is 30.7 Å². The zero-order valence-electron chi connectivity index (χ0n) is 14.1. The van der Waals surface area contributed by atoms with Crippen molar-refractivity contribution in [1.29, 1.82) is 0 Å². The normalized spacial score (nSPS) is 11.0. The number of hydrogen-bond donors (Lipinski definition) is 0. The maximum absolute atomic E-state index is 2.28. The molecular formula is C21H28S2. The quantitative estimate of drug-likeness (QED) is 0.233. The number of rotatable bonds is 11. The van der Waals surface area contributed by atoms with Crippen molar-refractivity contribution in [2.45, 2.75) is 66.2 Å². The third kappa shape index (κ3) is 7.99. The molecule has 0 aliphatic carbocycles. The minimum absolute atomic E-state index is 0.603. The van der Waals surface area contributed by atoms with E-state index in [1.54, 1.807) is 0 Å². The Morgan fingerprint density at radius 3 is 1.65 bits per heavy atom. The van der Waals surface area contributed by atoms with E-state index in [1.165, 1.54) is 54.7 Å². The Morgan fingerprint density at radius 1 is 0.652 bits per heavy atom. The molecule has 124 valence electrons. The van der Waals surface area contributed by atoms with Crippen molar-refractivity contribution in [3.05, 3.63) is 60.7 Å². The second-order valence-electron chi connectivity index (χ2n) is 5.85. The Kier molecular flexibility index (Phi) is 9.35. The summed E-state index contributed by atoms with van der Waals surface area (Å²) in [6.07, 6.45) is 9.52. The average molecular weight is 345 g/mol. The Balaban J connectivity index is 1.83. The van der Waals surface area contributed by atoms with Gasteiger partial charge >= 0.3 is 0 Å². The minimum atomic E-state index is 0.603. The van der Waals surface area contributed by atoms with Gasteiger partial charge in [0.25, 0.3) is 0 Å². The van der Waals surface area contributed by atoms with E-state index >= 15 is 0 Å². The van der Waals surface area contributed by atoms with Gasteiger partial charge < -0.3 is 0 Å². The molecule has 0 aliphatic heterocycles. The highest BCUT2D eigenvalue weighted by Gasteiger charge is 2.12. The van der Waals surface area contributed by atoms with E-state index in [0.29, 0.717) is 4.58 Å². The number of hydrogen-bond acceptors (Lipinski definition) is 2. The van der Waals surface area contributed by atoms with E-state index in [1.807, 2.05) is 23.5 Å². The van der Waals surface area contributed by atoms with Crippen molar-refractivity contribution >= 4 is 23.5 Å². The smallest absolute Gasteiger partial charge is 0.0596 e. The van der Waals surface area contributed by atoms with Crippen LogP contribution in [0.1, 0.15) is 51.9 Å². The maximum Gasteiger partial charge on any atom is 0.0596 e. The largest absolute Gasteiger partial charge is 0.111 e. The van der Waals surface area contributed by atoms with Gasteiger partial charge in [-0.3, -0.25) is 0 Å². The van der Waals surface area contributed by atoms with Crippen LogP contribution in [0.2, 0.25) is 0 Å². The number of benzene rings is 2. The van der Waals surface area contributed by atoms with Gasteiger partial charge in [0.15, 0.2) is 0 Å². The van der Waals surface area contributed by atoms with Gasteiger partial charge in [0.2, 0.25) is 0 Å². The van der Waals surface area contributed by atoms with E-state index in [2.05, 4.69) is 67.6 Å². The molecule has 0 radical (unpaired) electrons. The van der Waals surface area contributed by atoms with Crippen LogP contribution in [-0.2, 0) is 0 Å². The summed E-state index contributed by atoms with van der Waals surface area (Å²) in [5, 5.41) is 0. The fourth-order valence-corrected chi connectivity index (χ4v) is 5.20. The highest BCUT2D eigenvalue weighted by Crippen LogP contribution is 2.38. The minimum Gasteiger partial charge on any atom is -0.111 e. The van der Waals surface area contributed by atoms with Crippen LogP contribution in [0.3, 0.4) is 0 Å². The Morgan fingerprint density at radius 2 is 1.13 bits per heavy atom. The molecule has 0 fully saturated rings. The molecule has 23 heavy (non-hydrogen) atoms. The first-order valence-corrected chi connectivity index (χ1v) is 10.6. The molecule has 2 rings (SSSR count). The van der Waals surface area contributed by atoms with Gasteiger partial charge in [-0.2, -0.15) is 0 Å². The summed E-state index contributed by atoms with van der Waals surface area (Å²) in [5.74, 6) is 0. The second kappa shape index (κ2) is 11.6. The van der Waals surface area contributed by atoms with Crippen LogP contribution in [0, 0.1) is 0 Å². The number of unbranched alkanes of at least 4 members (excludes halogenated alkanes) is 5. The standard InChI is InChI=1S/C21H28S2/c1-2-3-4-5-6-13-18-21(22-19-14-9-7-10-15-19)23-20-16-11-8-12-17-20/h7-12,14-17,21H,2-6,13,18H2,1H3. The topological polar surface area (TPSA) is 0 Å². The Labute approximate surface area is 150 Å². The first kappa shape index (κ1) is 18.5. The van der Waals surface area contributed by atoms with E-state index in [9.17, 15) is 0 Å². The molecule has 0 atom stereocenters. The van der Waals surface area contributed by atoms with E-state index in [0.717, 1.165) is 0 Å². The lowest BCUT2D eigenvalue weighted by molar-refractivity contribution is 0.600. The van der Waals surface area contributed by atoms with Crippen molar-refractivity contribution in [1.82, 2.24) is 0 Å². The predicted molar refractivity (Wildman–Crippen MR) is 106 cm³/mol. The maximum atomic E-state index is 2.28.